The van der Waals surface area contributed by atoms with Crippen LogP contribution >= 0.6 is 0 Å². The van der Waals surface area contributed by atoms with Gasteiger partial charge >= 0.3 is 12.1 Å². The zero-order chi connectivity index (χ0) is 20.4. The minimum absolute atomic E-state index is 0.0868. The van der Waals surface area contributed by atoms with E-state index in [4.69, 9.17) is 9.47 Å². The van der Waals surface area contributed by atoms with Crippen molar-refractivity contribution in [2.45, 2.75) is 52.2 Å². The Morgan fingerprint density at radius 3 is 2.33 bits per heavy atom. The molecule has 2 amide bonds. The first-order chi connectivity index (χ1) is 12.6. The number of carbonyl (C=O) groups excluding carboxylic acids is 3. The van der Waals surface area contributed by atoms with Gasteiger partial charge in [0.25, 0.3) is 0 Å². The number of ether oxygens (including phenoxy) is 2. The number of rotatable bonds is 8. The normalized spacial score (nSPS) is 12.0. The van der Waals surface area contributed by atoms with Gasteiger partial charge in [-0.1, -0.05) is 30.3 Å². The number of nitrogens with one attached hydrogen (secondary N) is 1. The molecule has 1 atom stereocenters. The number of carbonyl (C=O) groups is 3. The molecule has 27 heavy (non-hydrogen) atoms. The van der Waals surface area contributed by atoms with Crippen LogP contribution in [-0.4, -0.2) is 54.7 Å². The summed E-state index contributed by atoms with van der Waals surface area (Å²) in [6.45, 7) is 7.26. The molecule has 7 nitrogen and oxygen atoms in total. The van der Waals surface area contributed by atoms with Gasteiger partial charge in [-0.2, -0.15) is 0 Å². The van der Waals surface area contributed by atoms with E-state index in [9.17, 15) is 14.4 Å². The van der Waals surface area contributed by atoms with Gasteiger partial charge in [0, 0.05) is 12.6 Å². The fourth-order valence-electron chi connectivity index (χ4n) is 2.48. The third-order valence-electron chi connectivity index (χ3n) is 3.81. The highest BCUT2D eigenvalue weighted by Gasteiger charge is 2.24. The van der Waals surface area contributed by atoms with Crippen molar-refractivity contribution in [2.24, 2.45) is 0 Å². The lowest BCUT2D eigenvalue weighted by atomic mass is 10.1. The molecule has 0 aliphatic carbocycles. The van der Waals surface area contributed by atoms with E-state index >= 15 is 0 Å². The summed E-state index contributed by atoms with van der Waals surface area (Å²) in [5, 5.41) is 2.47. The molecule has 1 N–H and O–H groups in total. The molecule has 0 saturated carbocycles. The quantitative estimate of drug-likeness (QED) is 0.703. The smallest absolute Gasteiger partial charge is 0.408 e. The molecule has 0 unspecified atom stereocenters. The van der Waals surface area contributed by atoms with E-state index < -0.39 is 11.7 Å². The van der Waals surface area contributed by atoms with E-state index in [-0.39, 0.29) is 30.9 Å². The van der Waals surface area contributed by atoms with Gasteiger partial charge in [0.05, 0.1) is 13.5 Å². The number of nitrogens with zero attached hydrogens (tertiary/aromatic N) is 1. The summed E-state index contributed by atoms with van der Waals surface area (Å²) in [5.41, 5.74) is 0.443. The number of esters is 1. The second-order valence-corrected chi connectivity index (χ2v) is 7.31. The van der Waals surface area contributed by atoms with Crippen molar-refractivity contribution in [3.63, 3.8) is 0 Å². The van der Waals surface area contributed by atoms with Crippen molar-refractivity contribution >= 4 is 18.0 Å². The summed E-state index contributed by atoms with van der Waals surface area (Å²) >= 11 is 0. The summed E-state index contributed by atoms with van der Waals surface area (Å²) < 4.78 is 9.84. The Hall–Kier alpha value is -2.57. The number of methoxy groups -OCH3 is 1. The molecule has 0 saturated heterocycles. The van der Waals surface area contributed by atoms with Crippen LogP contribution in [0.15, 0.2) is 30.3 Å². The van der Waals surface area contributed by atoms with Crippen molar-refractivity contribution in [1.29, 1.82) is 0 Å². The van der Waals surface area contributed by atoms with Crippen LogP contribution in [0.25, 0.3) is 0 Å². The lowest BCUT2D eigenvalue weighted by molar-refractivity contribution is -0.143. The Kier molecular flexibility index (Phi) is 8.78. The van der Waals surface area contributed by atoms with Crippen molar-refractivity contribution in [2.75, 3.05) is 20.2 Å². The number of benzene rings is 1. The van der Waals surface area contributed by atoms with E-state index in [1.807, 2.05) is 30.3 Å². The van der Waals surface area contributed by atoms with Gasteiger partial charge in [-0.05, 0) is 39.7 Å². The summed E-state index contributed by atoms with van der Waals surface area (Å²) in [7, 11) is 1.31. The fraction of sp³-hybridized carbons (Fsp3) is 0.550. The molecule has 1 rings (SSSR count). The van der Waals surface area contributed by atoms with Crippen LogP contribution in [0.5, 0.6) is 0 Å². The third kappa shape index (κ3) is 9.08. The highest BCUT2D eigenvalue weighted by molar-refractivity contribution is 5.83. The van der Waals surface area contributed by atoms with Crippen LogP contribution < -0.4 is 5.32 Å². The van der Waals surface area contributed by atoms with E-state index in [2.05, 4.69) is 5.32 Å². The first-order valence-electron chi connectivity index (χ1n) is 8.99. The minimum Gasteiger partial charge on any atom is -0.469 e. The van der Waals surface area contributed by atoms with Gasteiger partial charge in [0.1, 0.15) is 12.1 Å². The zero-order valence-electron chi connectivity index (χ0n) is 16.8. The lowest BCUT2D eigenvalue weighted by Gasteiger charge is -2.29. The molecule has 0 fully saturated rings. The van der Waals surface area contributed by atoms with Crippen molar-refractivity contribution in [3.8, 4) is 0 Å². The van der Waals surface area contributed by atoms with Crippen LogP contribution in [0.4, 0.5) is 4.79 Å². The first-order valence-corrected chi connectivity index (χ1v) is 8.99. The number of amides is 2. The molecule has 1 aromatic carbocycles. The van der Waals surface area contributed by atoms with Crippen LogP contribution in [0.3, 0.4) is 0 Å². The molecule has 150 valence electrons. The summed E-state index contributed by atoms with van der Waals surface area (Å²) in [5.74, 6) is -0.673. The van der Waals surface area contributed by atoms with E-state index in [1.54, 1.807) is 32.6 Å². The van der Waals surface area contributed by atoms with Gasteiger partial charge in [-0.25, -0.2) is 4.79 Å². The third-order valence-corrected chi connectivity index (χ3v) is 3.81. The largest absolute Gasteiger partial charge is 0.469 e. The second kappa shape index (κ2) is 10.5. The molecular formula is C20H30N2O5. The number of alkyl carbamates (subject to hydrolysis) is 1. The predicted molar refractivity (Wildman–Crippen MR) is 102 cm³/mol. The van der Waals surface area contributed by atoms with Crippen LogP contribution in [0.1, 0.15) is 39.7 Å². The highest BCUT2D eigenvalue weighted by Crippen LogP contribution is 2.10. The van der Waals surface area contributed by atoms with Gasteiger partial charge in [0.15, 0.2) is 0 Å². The summed E-state index contributed by atoms with van der Waals surface area (Å²) in [6, 6.07) is 9.40. The molecule has 0 bridgehead atoms. The lowest BCUT2D eigenvalue weighted by Crippen LogP contribution is -2.47. The molecule has 1 aromatic rings. The summed E-state index contributed by atoms with van der Waals surface area (Å²) in [4.78, 5) is 37.6. The Bertz CT molecular complexity index is 625. The van der Waals surface area contributed by atoms with Crippen LogP contribution in [0.2, 0.25) is 0 Å². The number of hydrogen-bond donors (Lipinski definition) is 1. The zero-order valence-corrected chi connectivity index (χ0v) is 16.8. The Morgan fingerprint density at radius 2 is 1.78 bits per heavy atom. The van der Waals surface area contributed by atoms with Gasteiger partial charge < -0.3 is 19.7 Å². The van der Waals surface area contributed by atoms with Crippen molar-refractivity contribution < 1.29 is 23.9 Å². The predicted octanol–water partition coefficient (Wildman–Crippen LogP) is 2.53. The molecule has 0 aromatic heterocycles. The topological polar surface area (TPSA) is 84.9 Å². The summed E-state index contributed by atoms with van der Waals surface area (Å²) in [6.07, 6.45) is 0.0769. The first kappa shape index (κ1) is 22.5. The molecule has 0 radical (unpaired) electrons. The second-order valence-electron chi connectivity index (χ2n) is 7.31. The Labute approximate surface area is 161 Å². The van der Waals surface area contributed by atoms with E-state index in [1.165, 1.54) is 7.11 Å². The van der Waals surface area contributed by atoms with Crippen LogP contribution in [0, 0.1) is 0 Å². The van der Waals surface area contributed by atoms with E-state index in [0.29, 0.717) is 13.0 Å². The molecule has 0 aliphatic heterocycles. The van der Waals surface area contributed by atoms with E-state index in [0.717, 1.165) is 5.56 Å². The van der Waals surface area contributed by atoms with Crippen LogP contribution in [-0.2, 0) is 25.5 Å². The minimum atomic E-state index is -0.653. The standard InChI is InChI=1S/C20H30N2O5/c1-15(13-18(24)26-5)22(12-11-16-9-7-6-8-10-16)17(23)14-21-19(25)27-20(2,3)4/h6-10,15H,11-14H2,1-5H3,(H,21,25)/t15-/m1/s1. The maximum absolute atomic E-state index is 12.6. The molecule has 0 aliphatic rings. The van der Waals surface area contributed by atoms with Gasteiger partial charge in [-0.15, -0.1) is 0 Å². The van der Waals surface area contributed by atoms with Crippen molar-refractivity contribution in [1.82, 2.24) is 10.2 Å². The number of hydrogen-bond acceptors (Lipinski definition) is 5. The molecule has 0 spiro atoms. The van der Waals surface area contributed by atoms with Gasteiger partial charge in [0.2, 0.25) is 5.91 Å². The maximum atomic E-state index is 12.6. The molecule has 0 heterocycles. The highest BCUT2D eigenvalue weighted by atomic mass is 16.6. The maximum Gasteiger partial charge on any atom is 0.408 e. The monoisotopic (exact) mass is 378 g/mol. The van der Waals surface area contributed by atoms with Gasteiger partial charge in [-0.3, -0.25) is 9.59 Å². The Morgan fingerprint density at radius 1 is 1.15 bits per heavy atom. The average molecular weight is 378 g/mol. The Balaban J connectivity index is 2.71. The fourth-order valence-corrected chi connectivity index (χ4v) is 2.48. The SMILES string of the molecule is COC(=O)C[C@@H](C)N(CCc1ccccc1)C(=O)CNC(=O)OC(C)(C)C. The van der Waals surface area contributed by atoms with Crippen molar-refractivity contribution in [3.05, 3.63) is 35.9 Å². The molecular weight excluding hydrogens is 348 g/mol. The average Bonchev–Trinajstić information content (AvgIpc) is 2.59. The molecule has 7 heteroatoms.